The number of nitrogens with one attached hydrogen (secondary N) is 1. The average Bonchev–Trinajstić information content (AvgIpc) is 3.58. The predicted molar refractivity (Wildman–Crippen MR) is 160 cm³/mol. The van der Waals surface area contributed by atoms with E-state index < -0.39 is 77.7 Å². The Kier molecular flexibility index (Phi) is 8.17. The third-order valence-electron chi connectivity index (χ3n) is 9.34. The molecule has 0 radical (unpaired) electrons. The van der Waals surface area contributed by atoms with E-state index in [0.717, 1.165) is 47.0 Å². The van der Waals surface area contributed by atoms with Crippen LogP contribution in [0.5, 0.6) is 11.5 Å². The van der Waals surface area contributed by atoms with Crippen LogP contribution in [0.15, 0.2) is 65.6 Å². The number of carbonyl (C=O) groups is 1. The molecule has 3 aromatic carbocycles. The highest BCUT2D eigenvalue weighted by molar-refractivity contribution is 7.92. The molecule has 1 N–H and O–H groups in total. The van der Waals surface area contributed by atoms with Crippen LogP contribution in [0.3, 0.4) is 0 Å². The molecule has 0 spiro atoms. The maximum absolute atomic E-state index is 14.4. The topological polar surface area (TPSA) is 119 Å². The molecule has 2 bridgehead atoms. The summed E-state index contributed by atoms with van der Waals surface area (Å²) in [6.45, 7) is -3.63. The third kappa shape index (κ3) is 6.29. The van der Waals surface area contributed by atoms with Crippen molar-refractivity contribution < 1.29 is 57.4 Å². The molecule has 258 valence electrons. The average molecular weight is 719 g/mol. The fourth-order valence-corrected chi connectivity index (χ4v) is 9.18. The fourth-order valence-electron chi connectivity index (χ4n) is 7.11. The molecule has 0 unspecified atom stereocenters. The van der Waals surface area contributed by atoms with E-state index in [1.807, 2.05) is 4.72 Å². The molecule has 9 nitrogen and oxygen atoms in total. The number of nitrogens with zero attached hydrogens (tertiary/aromatic N) is 1. The fraction of sp³-hybridized carbons (Fsp3) is 0.387. The monoisotopic (exact) mass is 718 g/mol. The van der Waals surface area contributed by atoms with Gasteiger partial charge in [0.1, 0.15) is 23.4 Å². The summed E-state index contributed by atoms with van der Waals surface area (Å²) in [6.07, 6.45) is -3.30. The summed E-state index contributed by atoms with van der Waals surface area (Å²) >= 11 is 0. The summed E-state index contributed by atoms with van der Waals surface area (Å²) in [5.41, 5.74) is -2.90. The molecule has 2 aliphatic carbocycles. The van der Waals surface area contributed by atoms with E-state index in [9.17, 15) is 48.0 Å². The van der Waals surface area contributed by atoms with Crippen LogP contribution >= 0.6 is 0 Å². The van der Waals surface area contributed by atoms with Gasteiger partial charge < -0.3 is 9.47 Å². The maximum atomic E-state index is 14.4. The molecule has 0 saturated heterocycles. The van der Waals surface area contributed by atoms with Gasteiger partial charge in [0.15, 0.2) is 0 Å². The zero-order chi connectivity index (χ0) is 34.9. The Labute approximate surface area is 271 Å². The number of carbonyl (C=O) groups excluding carboxylic acids is 1. The van der Waals surface area contributed by atoms with E-state index in [1.54, 1.807) is 0 Å². The molecule has 1 atom stereocenters. The van der Waals surface area contributed by atoms with Crippen molar-refractivity contribution in [3.8, 4) is 22.6 Å². The second kappa shape index (κ2) is 11.6. The minimum atomic E-state index is -4.85. The van der Waals surface area contributed by atoms with Crippen LogP contribution < -0.4 is 18.5 Å². The molecule has 48 heavy (non-hydrogen) atoms. The van der Waals surface area contributed by atoms with Crippen LogP contribution in [-0.2, 0) is 31.0 Å². The summed E-state index contributed by atoms with van der Waals surface area (Å²) in [4.78, 5) is 12.4. The molecular formula is C31H28F6N2O7S2. The van der Waals surface area contributed by atoms with Crippen LogP contribution in [0.4, 0.5) is 32.0 Å². The SMILES string of the molecule is CS(=O)(=O)NC(=O)C12CCC([C@H]3CN(S(=O)(=O)c4cccc(C(F)(F)F)c4)c4cc(-c5cc(F)cc(OC(F)F)c5)ccc4O3)(CC1)C2. The lowest BCUT2D eigenvalue weighted by atomic mass is 9.78. The molecule has 1 amide bonds. The molecule has 6 rings (SSSR count). The normalized spacial score (nSPS) is 23.9. The first-order chi connectivity index (χ1) is 22.3. The first-order valence-corrected chi connectivity index (χ1v) is 17.9. The van der Waals surface area contributed by atoms with E-state index in [4.69, 9.17) is 4.74 Å². The number of ether oxygens (including phenoxy) is 2. The van der Waals surface area contributed by atoms with E-state index in [2.05, 4.69) is 4.74 Å². The van der Waals surface area contributed by atoms with Crippen LogP contribution in [-0.4, -0.2) is 48.3 Å². The molecule has 3 aliphatic rings. The van der Waals surface area contributed by atoms with Gasteiger partial charge in [0, 0.05) is 11.5 Å². The number of anilines is 1. The maximum Gasteiger partial charge on any atom is 0.416 e. The molecule has 17 heteroatoms. The molecule has 1 aliphatic heterocycles. The number of rotatable bonds is 8. The highest BCUT2D eigenvalue weighted by atomic mass is 32.2. The zero-order valence-electron chi connectivity index (χ0n) is 25.1. The van der Waals surface area contributed by atoms with Crippen molar-refractivity contribution in [1.29, 1.82) is 0 Å². The smallest absolute Gasteiger partial charge is 0.416 e. The Bertz CT molecular complexity index is 2000. The number of benzene rings is 3. The number of alkyl halides is 5. The van der Waals surface area contributed by atoms with Crippen molar-refractivity contribution >= 4 is 31.6 Å². The quantitative estimate of drug-likeness (QED) is 0.280. The Balaban J connectivity index is 1.43. The first-order valence-electron chi connectivity index (χ1n) is 14.6. The Morgan fingerprint density at radius 3 is 2.33 bits per heavy atom. The van der Waals surface area contributed by atoms with Gasteiger partial charge in [0.05, 0.1) is 34.4 Å². The van der Waals surface area contributed by atoms with Crippen molar-refractivity contribution in [3.05, 3.63) is 72.0 Å². The molecule has 1 heterocycles. The van der Waals surface area contributed by atoms with E-state index >= 15 is 0 Å². The van der Waals surface area contributed by atoms with Crippen molar-refractivity contribution in [3.63, 3.8) is 0 Å². The molecule has 3 aromatic rings. The van der Waals surface area contributed by atoms with Gasteiger partial charge in [-0.1, -0.05) is 12.1 Å². The summed E-state index contributed by atoms with van der Waals surface area (Å²) in [5, 5.41) is 0. The second-order valence-corrected chi connectivity index (χ2v) is 16.0. The van der Waals surface area contributed by atoms with Crippen LogP contribution in [0.1, 0.15) is 37.7 Å². The standard InChI is InChI=1S/C31H28F6N2O7S2/c1-47(41,42)38-27(40)30-9-7-29(17-30,8-10-30)26-16-39(48(43,44)23-4-2-3-20(14-23)31(35,36)37)24-13-18(5-6-25(24)46-26)19-11-21(32)15-22(12-19)45-28(33)34/h2-6,11-15,26,28H,7-10,16-17H2,1H3,(H,38,40)/t26-,29?,30?/m1/s1. The van der Waals surface area contributed by atoms with E-state index in [1.165, 1.54) is 18.2 Å². The van der Waals surface area contributed by atoms with Gasteiger partial charge in [0.2, 0.25) is 15.9 Å². The number of amides is 1. The lowest BCUT2D eigenvalue weighted by Gasteiger charge is -2.43. The molecule has 2 saturated carbocycles. The van der Waals surface area contributed by atoms with E-state index in [-0.39, 0.29) is 35.5 Å². The van der Waals surface area contributed by atoms with Crippen molar-refractivity contribution in [1.82, 2.24) is 4.72 Å². The lowest BCUT2D eigenvalue weighted by Crippen LogP contribution is -2.50. The van der Waals surface area contributed by atoms with Crippen molar-refractivity contribution in [2.24, 2.45) is 10.8 Å². The van der Waals surface area contributed by atoms with Crippen LogP contribution in [0.2, 0.25) is 0 Å². The van der Waals surface area contributed by atoms with Crippen LogP contribution in [0, 0.1) is 16.6 Å². The molecular weight excluding hydrogens is 690 g/mol. The van der Waals surface area contributed by atoms with Crippen molar-refractivity contribution in [2.45, 2.75) is 55.9 Å². The first kappa shape index (κ1) is 33.9. The van der Waals surface area contributed by atoms with Gasteiger partial charge in [-0.2, -0.15) is 22.0 Å². The lowest BCUT2D eigenvalue weighted by molar-refractivity contribution is -0.137. The second-order valence-electron chi connectivity index (χ2n) is 12.4. The molecule has 2 fully saturated rings. The Morgan fingerprint density at radius 1 is 0.979 bits per heavy atom. The van der Waals surface area contributed by atoms with Gasteiger partial charge in [-0.3, -0.25) is 13.8 Å². The Hall–Kier alpha value is -3.99. The summed E-state index contributed by atoms with van der Waals surface area (Å²) < 4.78 is 147. The summed E-state index contributed by atoms with van der Waals surface area (Å²) in [7, 11) is -8.59. The summed E-state index contributed by atoms with van der Waals surface area (Å²) in [5.74, 6) is -2.06. The van der Waals surface area contributed by atoms with Gasteiger partial charge in [-0.25, -0.2) is 21.2 Å². The number of hydrogen-bond donors (Lipinski definition) is 1. The van der Waals surface area contributed by atoms with Gasteiger partial charge in [0.25, 0.3) is 10.0 Å². The highest BCUT2D eigenvalue weighted by Crippen LogP contribution is 2.64. The van der Waals surface area contributed by atoms with Gasteiger partial charge in [-0.15, -0.1) is 0 Å². The highest BCUT2D eigenvalue weighted by Gasteiger charge is 2.62. The summed E-state index contributed by atoms with van der Waals surface area (Å²) in [6, 6.07) is 10.2. The number of hydrogen-bond acceptors (Lipinski definition) is 7. The van der Waals surface area contributed by atoms with Gasteiger partial charge >= 0.3 is 12.8 Å². The van der Waals surface area contributed by atoms with E-state index in [0.29, 0.717) is 31.7 Å². The van der Waals surface area contributed by atoms with Gasteiger partial charge in [-0.05, 0) is 85.7 Å². The third-order valence-corrected chi connectivity index (χ3v) is 11.7. The largest absolute Gasteiger partial charge is 0.486 e. The Morgan fingerprint density at radius 2 is 1.69 bits per heavy atom. The zero-order valence-corrected chi connectivity index (χ0v) is 26.7. The van der Waals surface area contributed by atoms with Crippen LogP contribution in [0.25, 0.3) is 11.1 Å². The van der Waals surface area contributed by atoms with Crippen molar-refractivity contribution in [2.75, 3.05) is 17.1 Å². The minimum Gasteiger partial charge on any atom is -0.486 e. The minimum absolute atomic E-state index is 0.0189. The number of halogens is 6. The predicted octanol–water partition coefficient (Wildman–Crippen LogP) is 6.10. The number of sulfonamides is 2. The number of fused-ring (bicyclic) bond motifs is 3. The molecule has 0 aromatic heterocycles.